The Morgan fingerprint density at radius 1 is 1.29 bits per heavy atom. The molecule has 1 aliphatic carbocycles. The lowest BCUT2D eigenvalue weighted by Crippen LogP contribution is -2.58. The van der Waals surface area contributed by atoms with Crippen molar-refractivity contribution in [1.29, 1.82) is 0 Å². The molecule has 3 N–H and O–H groups in total. The number of likely N-dealkylation sites (tertiary alicyclic amines) is 1. The van der Waals surface area contributed by atoms with Gasteiger partial charge in [0.15, 0.2) is 0 Å². The van der Waals surface area contributed by atoms with Crippen LogP contribution in [0.3, 0.4) is 0 Å². The molecule has 2 aliphatic rings. The van der Waals surface area contributed by atoms with E-state index in [0.29, 0.717) is 24.0 Å². The van der Waals surface area contributed by atoms with E-state index >= 15 is 0 Å². The second kappa shape index (κ2) is 13.5. The zero-order valence-corrected chi connectivity index (χ0v) is 23.5. The maximum absolute atomic E-state index is 13.7. The molecule has 9 heteroatoms. The lowest BCUT2D eigenvalue weighted by atomic mass is 9.72. The van der Waals surface area contributed by atoms with Crippen molar-refractivity contribution in [2.75, 3.05) is 26.2 Å². The van der Waals surface area contributed by atoms with Gasteiger partial charge in [0.2, 0.25) is 5.91 Å². The number of unbranched alkanes of at least 4 members (excludes halogenated alkanes) is 1. The second-order valence-electron chi connectivity index (χ2n) is 11.1. The summed E-state index contributed by atoms with van der Waals surface area (Å²) in [5.74, 6) is 1.30. The Labute approximate surface area is 222 Å². The SMILES string of the molecule is C=CCN(CC(=S)NC(C(=O)N1CCCC1CNC(=S)C1CC(CCCC)C1)C(C)(C)C)C(=O)O. The smallest absolute Gasteiger partial charge is 0.407 e. The normalized spacial score (nSPS) is 22.6. The van der Waals surface area contributed by atoms with Crippen LogP contribution in [0, 0.1) is 17.3 Å². The van der Waals surface area contributed by atoms with E-state index < -0.39 is 17.6 Å². The van der Waals surface area contributed by atoms with E-state index in [4.69, 9.17) is 24.4 Å². The number of hydrogen-bond acceptors (Lipinski definition) is 4. The Morgan fingerprint density at radius 3 is 2.54 bits per heavy atom. The quantitative estimate of drug-likeness (QED) is 0.254. The van der Waals surface area contributed by atoms with Gasteiger partial charge in [0.1, 0.15) is 6.04 Å². The predicted molar refractivity (Wildman–Crippen MR) is 150 cm³/mol. The first-order valence-corrected chi connectivity index (χ1v) is 13.8. The first kappa shape index (κ1) is 29.5. The van der Waals surface area contributed by atoms with Crippen molar-refractivity contribution in [3.05, 3.63) is 12.7 Å². The van der Waals surface area contributed by atoms with Crippen molar-refractivity contribution >= 4 is 46.4 Å². The van der Waals surface area contributed by atoms with Crippen molar-refractivity contribution in [1.82, 2.24) is 20.4 Å². The van der Waals surface area contributed by atoms with Gasteiger partial charge in [0.05, 0.1) is 16.5 Å². The Balaban J connectivity index is 1.94. The Morgan fingerprint density at radius 2 is 1.97 bits per heavy atom. The van der Waals surface area contributed by atoms with Crippen LogP contribution in [0.1, 0.15) is 72.6 Å². The molecule has 0 radical (unpaired) electrons. The highest BCUT2D eigenvalue weighted by Gasteiger charge is 2.39. The summed E-state index contributed by atoms with van der Waals surface area (Å²) in [5, 5.41) is 16.0. The molecule has 1 saturated heterocycles. The number of amides is 2. The Bertz CT molecular complexity index is 777. The average Bonchev–Trinajstić information content (AvgIpc) is 3.22. The van der Waals surface area contributed by atoms with Crippen LogP contribution < -0.4 is 10.6 Å². The van der Waals surface area contributed by atoms with Crippen LogP contribution in [-0.4, -0.2) is 75.1 Å². The minimum Gasteiger partial charge on any atom is -0.465 e. The summed E-state index contributed by atoms with van der Waals surface area (Å²) in [6, 6.07) is -0.458. The van der Waals surface area contributed by atoms with Crippen LogP contribution >= 0.6 is 24.4 Å². The molecular formula is C26H44N4O3S2. The van der Waals surface area contributed by atoms with Crippen LogP contribution in [0.25, 0.3) is 0 Å². The highest BCUT2D eigenvalue weighted by Crippen LogP contribution is 2.37. The molecule has 1 heterocycles. The summed E-state index contributed by atoms with van der Waals surface area (Å²) in [4.78, 5) is 29.5. The molecule has 0 aromatic carbocycles. The van der Waals surface area contributed by atoms with Crippen molar-refractivity contribution in [2.24, 2.45) is 17.3 Å². The molecule has 0 aromatic rings. The van der Waals surface area contributed by atoms with Crippen LogP contribution in [0.4, 0.5) is 4.79 Å². The summed E-state index contributed by atoms with van der Waals surface area (Å²) in [7, 11) is 0. The molecule has 7 nitrogen and oxygen atoms in total. The molecule has 2 atom stereocenters. The molecule has 0 aromatic heterocycles. The number of nitrogens with zero attached hydrogens (tertiary/aromatic N) is 2. The first-order chi connectivity index (χ1) is 16.5. The van der Waals surface area contributed by atoms with Crippen LogP contribution in [0.15, 0.2) is 12.7 Å². The summed E-state index contributed by atoms with van der Waals surface area (Å²) < 4.78 is 0. The first-order valence-electron chi connectivity index (χ1n) is 12.9. The molecule has 1 aliphatic heterocycles. The van der Waals surface area contributed by atoms with Crippen molar-refractivity contribution in [2.45, 2.75) is 84.7 Å². The summed E-state index contributed by atoms with van der Waals surface area (Å²) in [5.41, 5.74) is -0.400. The Hall–Kier alpha value is -1.74. The highest BCUT2D eigenvalue weighted by atomic mass is 32.1. The minimum absolute atomic E-state index is 0.00365. The average molecular weight is 525 g/mol. The molecule has 2 fully saturated rings. The highest BCUT2D eigenvalue weighted by molar-refractivity contribution is 7.80. The van der Waals surface area contributed by atoms with E-state index in [-0.39, 0.29) is 25.0 Å². The van der Waals surface area contributed by atoms with Gasteiger partial charge in [-0.15, -0.1) is 6.58 Å². The number of rotatable bonds is 12. The molecule has 2 rings (SSSR count). The molecule has 1 saturated carbocycles. The zero-order valence-electron chi connectivity index (χ0n) is 21.8. The van der Waals surface area contributed by atoms with Gasteiger partial charge in [-0.2, -0.15) is 0 Å². The van der Waals surface area contributed by atoms with E-state index in [9.17, 15) is 14.7 Å². The number of hydrogen-bond donors (Lipinski definition) is 3. The third-order valence-electron chi connectivity index (χ3n) is 7.12. The van der Waals surface area contributed by atoms with Crippen molar-refractivity contribution < 1.29 is 14.7 Å². The molecule has 35 heavy (non-hydrogen) atoms. The fourth-order valence-electron chi connectivity index (χ4n) is 4.94. The molecule has 0 spiro atoms. The van der Waals surface area contributed by atoms with Gasteiger partial charge in [-0.05, 0) is 37.0 Å². The lowest BCUT2D eigenvalue weighted by Gasteiger charge is -2.38. The summed E-state index contributed by atoms with van der Waals surface area (Å²) >= 11 is 11.1. The van der Waals surface area contributed by atoms with Crippen molar-refractivity contribution in [3.8, 4) is 0 Å². The topological polar surface area (TPSA) is 84.9 Å². The van der Waals surface area contributed by atoms with Gasteiger partial charge >= 0.3 is 6.09 Å². The fourth-order valence-corrected chi connectivity index (χ4v) is 5.49. The fraction of sp³-hybridized carbons (Fsp3) is 0.769. The van der Waals surface area contributed by atoms with E-state index in [1.807, 2.05) is 25.7 Å². The summed E-state index contributed by atoms with van der Waals surface area (Å²) in [6.45, 7) is 13.4. The second-order valence-corrected chi connectivity index (χ2v) is 12.0. The Kier molecular flexibility index (Phi) is 11.4. The maximum Gasteiger partial charge on any atom is 0.407 e. The monoisotopic (exact) mass is 524 g/mol. The van der Waals surface area contributed by atoms with Gasteiger partial charge in [0.25, 0.3) is 0 Å². The van der Waals surface area contributed by atoms with Gasteiger partial charge in [-0.1, -0.05) is 77.5 Å². The molecule has 2 amide bonds. The number of carbonyl (C=O) groups is 2. The van der Waals surface area contributed by atoms with Gasteiger partial charge in [0, 0.05) is 31.6 Å². The summed E-state index contributed by atoms with van der Waals surface area (Å²) in [6.07, 6.45) is 8.57. The predicted octanol–water partition coefficient (Wildman–Crippen LogP) is 4.61. The van der Waals surface area contributed by atoms with E-state index in [1.54, 1.807) is 0 Å². The van der Waals surface area contributed by atoms with Crippen LogP contribution in [0.5, 0.6) is 0 Å². The van der Waals surface area contributed by atoms with Crippen LogP contribution in [0.2, 0.25) is 0 Å². The zero-order chi connectivity index (χ0) is 26.2. The molecule has 2 unspecified atom stereocenters. The molecule has 0 bridgehead atoms. The number of carbonyl (C=O) groups excluding carboxylic acids is 1. The van der Waals surface area contributed by atoms with Crippen LogP contribution in [-0.2, 0) is 4.79 Å². The standard InChI is InChI=1S/C26H44N4O3S2/c1-6-8-10-18-14-19(15-18)23(35)27-16-20-11-9-13-30(20)24(31)22(26(3,4)5)28-21(34)17-29(12-7-2)25(32)33/h7,18-20,22H,2,6,8-17H2,1,3-5H3,(H,27,35)(H,28,34)(H,32,33). The largest absolute Gasteiger partial charge is 0.465 e. The van der Waals surface area contributed by atoms with Gasteiger partial charge < -0.3 is 20.6 Å². The van der Waals surface area contributed by atoms with Gasteiger partial charge in [-0.25, -0.2) is 4.79 Å². The molecular weight excluding hydrogens is 480 g/mol. The van der Waals surface area contributed by atoms with Crippen molar-refractivity contribution in [3.63, 3.8) is 0 Å². The minimum atomic E-state index is -1.07. The van der Waals surface area contributed by atoms with E-state index in [1.165, 1.54) is 43.1 Å². The third-order valence-corrected chi connectivity index (χ3v) is 7.84. The van der Waals surface area contributed by atoms with Gasteiger partial charge in [-0.3, -0.25) is 9.69 Å². The lowest BCUT2D eigenvalue weighted by molar-refractivity contribution is -0.136. The van der Waals surface area contributed by atoms with E-state index in [2.05, 4.69) is 24.1 Å². The maximum atomic E-state index is 13.7. The third kappa shape index (κ3) is 8.70. The number of carboxylic acid groups (broad SMARTS) is 1. The molecule has 198 valence electrons. The van der Waals surface area contributed by atoms with E-state index in [0.717, 1.165) is 23.7 Å². The number of thiocarbonyl (C=S) groups is 2. The number of nitrogens with one attached hydrogen (secondary N) is 2.